The van der Waals surface area contributed by atoms with E-state index in [1.807, 2.05) is 20.8 Å². The molecule has 1 aromatic carbocycles. The molecular weight excluding hydrogens is 242 g/mol. The van der Waals surface area contributed by atoms with Gasteiger partial charge < -0.3 is 9.57 Å². The Hall–Kier alpha value is -1.84. The predicted molar refractivity (Wildman–Crippen MR) is 73.2 cm³/mol. The summed E-state index contributed by atoms with van der Waals surface area (Å²) in [5.41, 5.74) is 5.06. The molecule has 4 heteroatoms. The fourth-order valence-electron chi connectivity index (χ4n) is 2.70. The van der Waals surface area contributed by atoms with Crippen molar-refractivity contribution in [2.45, 2.75) is 33.8 Å². The standard InChI is InChI=1S/C15H19NO3/c1-8-6-9(2)12(10(3)7-8)14-13(15(17)18-5)11(4)19-16-14/h6-7,11,13H,1-5H3/t11-,13-/m1/s1. The number of rotatable bonds is 2. The Morgan fingerprint density at radius 3 is 2.37 bits per heavy atom. The minimum Gasteiger partial charge on any atom is -0.468 e. The molecule has 0 saturated carbocycles. The molecule has 2 atom stereocenters. The summed E-state index contributed by atoms with van der Waals surface area (Å²) in [6, 6.07) is 4.17. The lowest BCUT2D eigenvalue weighted by Gasteiger charge is -2.16. The van der Waals surface area contributed by atoms with Crippen molar-refractivity contribution in [3.05, 3.63) is 34.4 Å². The van der Waals surface area contributed by atoms with Crippen molar-refractivity contribution in [1.82, 2.24) is 0 Å². The van der Waals surface area contributed by atoms with Crippen LogP contribution in [0.25, 0.3) is 0 Å². The molecule has 0 unspecified atom stereocenters. The van der Waals surface area contributed by atoms with Crippen LogP contribution in [-0.4, -0.2) is 24.9 Å². The van der Waals surface area contributed by atoms with Crippen molar-refractivity contribution < 1.29 is 14.4 Å². The van der Waals surface area contributed by atoms with Crippen molar-refractivity contribution in [3.63, 3.8) is 0 Å². The molecule has 4 nitrogen and oxygen atoms in total. The van der Waals surface area contributed by atoms with Crippen molar-refractivity contribution in [2.24, 2.45) is 11.1 Å². The number of nitrogens with zero attached hydrogens (tertiary/aromatic N) is 1. The van der Waals surface area contributed by atoms with Crippen LogP contribution in [0.15, 0.2) is 17.3 Å². The van der Waals surface area contributed by atoms with Crippen LogP contribution in [0, 0.1) is 26.7 Å². The molecule has 102 valence electrons. The summed E-state index contributed by atoms with van der Waals surface area (Å²) in [7, 11) is 1.39. The predicted octanol–water partition coefficient (Wildman–Crippen LogP) is 2.52. The molecule has 0 N–H and O–H groups in total. The molecule has 0 saturated heterocycles. The molecule has 0 aromatic heterocycles. The minimum absolute atomic E-state index is 0.289. The van der Waals surface area contributed by atoms with Crippen molar-refractivity contribution >= 4 is 11.7 Å². The lowest BCUT2D eigenvalue weighted by molar-refractivity contribution is -0.145. The third-order valence-electron chi connectivity index (χ3n) is 3.47. The molecule has 1 aliphatic rings. The second-order valence-corrected chi connectivity index (χ2v) is 5.06. The quantitative estimate of drug-likeness (QED) is 0.769. The SMILES string of the molecule is COC(=O)[C@H]1C(c2c(C)cc(C)cc2C)=NO[C@@H]1C. The first-order chi connectivity index (χ1) is 8.95. The van der Waals surface area contributed by atoms with E-state index < -0.39 is 5.92 Å². The van der Waals surface area contributed by atoms with Gasteiger partial charge in [0.2, 0.25) is 0 Å². The van der Waals surface area contributed by atoms with Gasteiger partial charge in [-0.25, -0.2) is 0 Å². The zero-order valence-corrected chi connectivity index (χ0v) is 12.0. The van der Waals surface area contributed by atoms with Gasteiger partial charge in [-0.1, -0.05) is 22.9 Å². The van der Waals surface area contributed by atoms with Gasteiger partial charge in [-0.05, 0) is 38.8 Å². The first-order valence-electron chi connectivity index (χ1n) is 6.35. The Labute approximate surface area is 113 Å². The number of esters is 1. The summed E-state index contributed by atoms with van der Waals surface area (Å²) < 4.78 is 4.86. The topological polar surface area (TPSA) is 47.9 Å². The maximum Gasteiger partial charge on any atom is 0.318 e. The monoisotopic (exact) mass is 261 g/mol. The van der Waals surface area contributed by atoms with Gasteiger partial charge in [0, 0.05) is 5.56 Å². The summed E-state index contributed by atoms with van der Waals surface area (Å²) in [5.74, 6) is -0.756. The van der Waals surface area contributed by atoms with Gasteiger partial charge in [-0.3, -0.25) is 4.79 Å². The Morgan fingerprint density at radius 2 is 1.84 bits per heavy atom. The van der Waals surface area contributed by atoms with Crippen LogP contribution >= 0.6 is 0 Å². The number of carbonyl (C=O) groups excluding carboxylic acids is 1. The molecule has 0 amide bonds. The smallest absolute Gasteiger partial charge is 0.318 e. The number of benzene rings is 1. The Bertz CT molecular complexity index is 525. The maximum atomic E-state index is 11.9. The van der Waals surface area contributed by atoms with Crippen LogP contribution in [-0.2, 0) is 14.4 Å². The van der Waals surface area contributed by atoms with Crippen molar-refractivity contribution in [2.75, 3.05) is 7.11 Å². The summed E-state index contributed by atoms with van der Waals surface area (Å²) in [5, 5.41) is 4.10. The van der Waals surface area contributed by atoms with Crippen LogP contribution in [0.3, 0.4) is 0 Å². The van der Waals surface area contributed by atoms with Gasteiger partial charge >= 0.3 is 5.97 Å². The highest BCUT2D eigenvalue weighted by atomic mass is 16.6. The fraction of sp³-hybridized carbons (Fsp3) is 0.467. The molecule has 0 fully saturated rings. The highest BCUT2D eigenvalue weighted by molar-refractivity contribution is 6.14. The minimum atomic E-state index is -0.454. The average molecular weight is 261 g/mol. The molecule has 19 heavy (non-hydrogen) atoms. The van der Waals surface area contributed by atoms with Gasteiger partial charge in [0.05, 0.1) is 7.11 Å². The van der Waals surface area contributed by atoms with Crippen LogP contribution in [0.1, 0.15) is 29.2 Å². The van der Waals surface area contributed by atoms with E-state index in [1.54, 1.807) is 0 Å². The number of oxime groups is 1. The van der Waals surface area contributed by atoms with E-state index >= 15 is 0 Å². The number of carbonyl (C=O) groups is 1. The number of ether oxygens (including phenoxy) is 1. The lowest BCUT2D eigenvalue weighted by atomic mass is 9.87. The van der Waals surface area contributed by atoms with Gasteiger partial charge in [0.1, 0.15) is 17.7 Å². The number of hydrogen-bond donors (Lipinski definition) is 0. The molecular formula is C15H19NO3. The third kappa shape index (κ3) is 2.35. The van der Waals surface area contributed by atoms with E-state index in [1.165, 1.54) is 12.7 Å². The Morgan fingerprint density at radius 1 is 1.26 bits per heavy atom. The second kappa shape index (κ2) is 5.03. The highest BCUT2D eigenvalue weighted by Crippen LogP contribution is 2.28. The third-order valence-corrected chi connectivity index (χ3v) is 3.47. The largest absolute Gasteiger partial charge is 0.468 e. The van der Waals surface area contributed by atoms with E-state index in [-0.39, 0.29) is 12.1 Å². The molecule has 0 bridgehead atoms. The van der Waals surface area contributed by atoms with Crippen LogP contribution in [0.4, 0.5) is 0 Å². The summed E-state index contributed by atoms with van der Waals surface area (Å²) >= 11 is 0. The molecule has 0 radical (unpaired) electrons. The lowest BCUT2D eigenvalue weighted by Crippen LogP contribution is -2.31. The molecule has 1 aliphatic heterocycles. The van der Waals surface area contributed by atoms with Crippen LogP contribution < -0.4 is 0 Å². The first-order valence-corrected chi connectivity index (χ1v) is 6.35. The molecule has 0 aliphatic carbocycles. The summed E-state index contributed by atoms with van der Waals surface area (Å²) in [4.78, 5) is 17.2. The van der Waals surface area contributed by atoms with Gasteiger partial charge in [-0.2, -0.15) is 0 Å². The van der Waals surface area contributed by atoms with E-state index in [4.69, 9.17) is 9.57 Å². The first kappa shape index (κ1) is 13.6. The van der Waals surface area contributed by atoms with E-state index in [9.17, 15) is 4.79 Å². The second-order valence-electron chi connectivity index (χ2n) is 5.06. The van der Waals surface area contributed by atoms with Crippen LogP contribution in [0.5, 0.6) is 0 Å². The van der Waals surface area contributed by atoms with Gasteiger partial charge in [-0.15, -0.1) is 0 Å². The molecule has 1 aromatic rings. The van der Waals surface area contributed by atoms with E-state index in [0.29, 0.717) is 5.71 Å². The number of methoxy groups -OCH3 is 1. The van der Waals surface area contributed by atoms with Crippen molar-refractivity contribution in [3.8, 4) is 0 Å². The normalized spacial score (nSPS) is 21.8. The fourth-order valence-corrected chi connectivity index (χ4v) is 2.70. The highest BCUT2D eigenvalue weighted by Gasteiger charge is 2.39. The van der Waals surface area contributed by atoms with Crippen LogP contribution in [0.2, 0.25) is 0 Å². The van der Waals surface area contributed by atoms with Gasteiger partial charge in [0.15, 0.2) is 0 Å². The molecule has 1 heterocycles. The van der Waals surface area contributed by atoms with E-state index in [0.717, 1.165) is 16.7 Å². The number of hydrogen-bond acceptors (Lipinski definition) is 4. The maximum absolute atomic E-state index is 11.9. The average Bonchev–Trinajstić information content (AvgIpc) is 2.69. The zero-order valence-electron chi connectivity index (χ0n) is 12.0. The van der Waals surface area contributed by atoms with Crippen molar-refractivity contribution in [1.29, 1.82) is 0 Å². The molecule has 0 spiro atoms. The number of aryl methyl sites for hydroxylation is 3. The zero-order chi connectivity index (χ0) is 14.2. The summed E-state index contributed by atoms with van der Waals surface area (Å²) in [6.45, 7) is 7.93. The van der Waals surface area contributed by atoms with E-state index in [2.05, 4.69) is 24.2 Å². The summed E-state index contributed by atoms with van der Waals surface area (Å²) in [6.07, 6.45) is -0.289. The van der Waals surface area contributed by atoms with Gasteiger partial charge in [0.25, 0.3) is 0 Å². The Kier molecular flexibility index (Phi) is 3.60. The molecule has 2 rings (SSSR count). The Balaban J connectivity index is 2.50.